The number of ketones is 1. The maximum Gasteiger partial charge on any atom is 0.220 e. The Labute approximate surface area is 157 Å². The van der Waals surface area contributed by atoms with Crippen LogP contribution in [0.3, 0.4) is 0 Å². The second-order valence-electron chi connectivity index (χ2n) is 5.65. The molecule has 0 saturated carbocycles. The number of thiophene rings is 1. The van der Waals surface area contributed by atoms with Gasteiger partial charge in [-0.25, -0.2) is 0 Å². The molecule has 1 N–H and O–H groups in total. The van der Waals surface area contributed by atoms with Gasteiger partial charge in [-0.05, 0) is 37.6 Å². The molecule has 134 valence electrons. The van der Waals surface area contributed by atoms with E-state index in [1.165, 1.54) is 17.0 Å². The van der Waals surface area contributed by atoms with Crippen LogP contribution in [0, 0.1) is 0 Å². The zero-order valence-corrected chi connectivity index (χ0v) is 15.9. The number of carbonyl (C=O) groups is 2. The number of hydrogen-bond acceptors (Lipinski definition) is 4. The molecular weight excluding hydrogens is 356 g/mol. The molecule has 0 aliphatic carbocycles. The van der Waals surface area contributed by atoms with Crippen molar-refractivity contribution >= 4 is 40.3 Å². The Bertz CT molecular complexity index is 688. The minimum atomic E-state index is -0.0845. The van der Waals surface area contributed by atoms with Crippen molar-refractivity contribution in [3.8, 4) is 0 Å². The number of hydrogen-bond donors (Lipinski definition) is 1. The Morgan fingerprint density at radius 1 is 1.12 bits per heavy atom. The van der Waals surface area contributed by atoms with Gasteiger partial charge in [0.25, 0.3) is 0 Å². The van der Waals surface area contributed by atoms with Gasteiger partial charge in [0.2, 0.25) is 5.91 Å². The molecule has 0 aliphatic heterocycles. The number of nitrogens with zero attached hydrogens (tertiary/aromatic N) is 1. The predicted octanol–water partition coefficient (Wildman–Crippen LogP) is 4.40. The Kier molecular flexibility index (Phi) is 7.95. The van der Waals surface area contributed by atoms with E-state index in [-0.39, 0.29) is 24.5 Å². The molecule has 1 amide bonds. The van der Waals surface area contributed by atoms with Crippen LogP contribution in [0.5, 0.6) is 0 Å². The minimum absolute atomic E-state index is 0.0340. The van der Waals surface area contributed by atoms with Gasteiger partial charge in [-0.1, -0.05) is 29.8 Å². The van der Waals surface area contributed by atoms with Crippen LogP contribution < -0.4 is 10.2 Å². The van der Waals surface area contributed by atoms with Gasteiger partial charge >= 0.3 is 0 Å². The monoisotopic (exact) mass is 378 g/mol. The van der Waals surface area contributed by atoms with E-state index >= 15 is 0 Å². The molecule has 6 heteroatoms. The highest BCUT2D eigenvalue weighted by Crippen LogP contribution is 2.22. The van der Waals surface area contributed by atoms with Crippen molar-refractivity contribution < 1.29 is 9.59 Å². The van der Waals surface area contributed by atoms with Gasteiger partial charge in [-0.3, -0.25) is 9.59 Å². The topological polar surface area (TPSA) is 49.4 Å². The molecule has 2 aromatic rings. The van der Waals surface area contributed by atoms with Crippen molar-refractivity contribution in [3.63, 3.8) is 0 Å². The highest BCUT2D eigenvalue weighted by atomic mass is 35.5. The number of carbonyl (C=O) groups excluding carboxylic acids is 2. The van der Waals surface area contributed by atoms with Crippen molar-refractivity contribution in [1.29, 1.82) is 0 Å². The number of anilines is 1. The third kappa shape index (κ3) is 6.52. The summed E-state index contributed by atoms with van der Waals surface area (Å²) in [4.78, 5) is 26.7. The van der Waals surface area contributed by atoms with Gasteiger partial charge in [-0.2, -0.15) is 0 Å². The fourth-order valence-electron chi connectivity index (χ4n) is 2.51. The van der Waals surface area contributed by atoms with E-state index in [2.05, 4.69) is 29.3 Å². The summed E-state index contributed by atoms with van der Waals surface area (Å²) < 4.78 is 0.590. The Balaban J connectivity index is 1.64. The average molecular weight is 379 g/mol. The van der Waals surface area contributed by atoms with Crippen LogP contribution in [-0.4, -0.2) is 31.3 Å². The Morgan fingerprint density at radius 2 is 1.88 bits per heavy atom. The van der Waals surface area contributed by atoms with Gasteiger partial charge in [-0.15, -0.1) is 11.3 Å². The summed E-state index contributed by atoms with van der Waals surface area (Å²) in [6.45, 7) is 4.54. The molecule has 25 heavy (non-hydrogen) atoms. The van der Waals surface area contributed by atoms with E-state index in [1.54, 1.807) is 12.1 Å². The van der Waals surface area contributed by atoms with Crippen molar-refractivity contribution in [2.45, 2.75) is 26.2 Å². The van der Waals surface area contributed by atoms with Gasteiger partial charge in [0, 0.05) is 38.2 Å². The maximum absolute atomic E-state index is 11.9. The summed E-state index contributed by atoms with van der Waals surface area (Å²) in [7, 11) is 0. The first-order valence-corrected chi connectivity index (χ1v) is 9.65. The average Bonchev–Trinajstić information content (AvgIpc) is 3.07. The largest absolute Gasteiger partial charge is 0.372 e. The number of nitrogens with one attached hydrogen (secondary N) is 1. The summed E-state index contributed by atoms with van der Waals surface area (Å²) in [6, 6.07) is 13.6. The lowest BCUT2D eigenvalue weighted by Gasteiger charge is -2.23. The number of Topliss-reactive ketones (excluding diaryl/α,β-unsaturated/α-hetero) is 1. The molecule has 4 nitrogen and oxygen atoms in total. The van der Waals surface area contributed by atoms with Crippen molar-refractivity contribution in [2.24, 2.45) is 0 Å². The molecule has 0 spiro atoms. The van der Waals surface area contributed by atoms with E-state index in [0.717, 1.165) is 19.5 Å². The quantitative estimate of drug-likeness (QED) is 0.492. The minimum Gasteiger partial charge on any atom is -0.372 e. The number of amides is 1. The number of para-hydroxylation sites is 1. The fourth-order valence-corrected chi connectivity index (χ4v) is 3.52. The lowest BCUT2D eigenvalue weighted by atomic mass is 10.2. The van der Waals surface area contributed by atoms with Crippen LogP contribution >= 0.6 is 22.9 Å². The van der Waals surface area contributed by atoms with Crippen LogP contribution in [0.2, 0.25) is 4.34 Å². The van der Waals surface area contributed by atoms with Gasteiger partial charge < -0.3 is 10.2 Å². The summed E-state index contributed by atoms with van der Waals surface area (Å²) in [6.07, 6.45) is 1.29. The zero-order chi connectivity index (χ0) is 18.1. The summed E-state index contributed by atoms with van der Waals surface area (Å²) in [5.41, 5.74) is 1.19. The molecule has 1 aromatic heterocycles. The first kappa shape index (κ1) is 19.5. The second-order valence-corrected chi connectivity index (χ2v) is 7.36. The second kappa shape index (κ2) is 10.2. The molecule has 2 rings (SSSR count). The van der Waals surface area contributed by atoms with E-state index in [1.807, 2.05) is 18.2 Å². The molecule has 1 heterocycles. The summed E-state index contributed by atoms with van der Waals surface area (Å²) in [5.74, 6) is -0.118. The lowest BCUT2D eigenvalue weighted by Crippen LogP contribution is -2.30. The normalized spacial score (nSPS) is 10.5. The van der Waals surface area contributed by atoms with Crippen LogP contribution in [-0.2, 0) is 4.79 Å². The molecule has 0 radical (unpaired) electrons. The SMILES string of the molecule is CCN(CCCNC(=O)CCC(=O)c1ccc(Cl)s1)c1ccccc1. The Morgan fingerprint density at radius 3 is 2.52 bits per heavy atom. The van der Waals surface area contributed by atoms with Crippen LogP contribution in [0.4, 0.5) is 5.69 Å². The van der Waals surface area contributed by atoms with Crippen molar-refractivity contribution in [1.82, 2.24) is 5.32 Å². The van der Waals surface area contributed by atoms with E-state index in [4.69, 9.17) is 11.6 Å². The molecule has 0 fully saturated rings. The zero-order valence-electron chi connectivity index (χ0n) is 14.3. The van der Waals surface area contributed by atoms with Crippen LogP contribution in [0.25, 0.3) is 0 Å². The van der Waals surface area contributed by atoms with E-state index in [9.17, 15) is 9.59 Å². The lowest BCUT2D eigenvalue weighted by molar-refractivity contribution is -0.121. The fraction of sp³-hybridized carbons (Fsp3) is 0.368. The molecule has 0 unspecified atom stereocenters. The first-order chi connectivity index (χ1) is 12.1. The highest BCUT2D eigenvalue weighted by Gasteiger charge is 2.11. The van der Waals surface area contributed by atoms with Crippen LogP contribution in [0.15, 0.2) is 42.5 Å². The van der Waals surface area contributed by atoms with Gasteiger partial charge in [0.05, 0.1) is 9.21 Å². The van der Waals surface area contributed by atoms with Crippen molar-refractivity contribution in [2.75, 3.05) is 24.5 Å². The number of rotatable bonds is 10. The predicted molar refractivity (Wildman–Crippen MR) is 105 cm³/mol. The van der Waals surface area contributed by atoms with E-state index < -0.39 is 0 Å². The van der Waals surface area contributed by atoms with Gasteiger partial charge in [0.15, 0.2) is 5.78 Å². The molecule has 0 bridgehead atoms. The maximum atomic E-state index is 11.9. The summed E-state index contributed by atoms with van der Waals surface area (Å²) >= 11 is 7.07. The first-order valence-electron chi connectivity index (χ1n) is 8.45. The standard InChI is InChI=1S/C19H23ClN2O2S/c1-2-22(15-7-4-3-5-8-15)14-6-13-21-19(24)12-9-16(23)17-10-11-18(20)25-17/h3-5,7-8,10-11H,2,6,9,12-14H2,1H3,(H,21,24). The Hall–Kier alpha value is -1.85. The van der Waals surface area contributed by atoms with Crippen molar-refractivity contribution in [3.05, 3.63) is 51.7 Å². The molecule has 0 saturated heterocycles. The third-order valence-electron chi connectivity index (χ3n) is 3.86. The molecule has 0 atom stereocenters. The summed E-state index contributed by atoms with van der Waals surface area (Å²) in [5, 5.41) is 2.89. The van der Waals surface area contributed by atoms with E-state index in [0.29, 0.717) is 15.8 Å². The third-order valence-corrected chi connectivity index (χ3v) is 5.13. The number of halogens is 1. The van der Waals surface area contributed by atoms with Gasteiger partial charge in [0.1, 0.15) is 0 Å². The molecule has 1 aromatic carbocycles. The molecule has 0 aliphatic rings. The van der Waals surface area contributed by atoms with Crippen LogP contribution in [0.1, 0.15) is 35.9 Å². The number of benzene rings is 1. The highest BCUT2D eigenvalue weighted by molar-refractivity contribution is 7.18. The molecular formula is C19H23ClN2O2S. The smallest absolute Gasteiger partial charge is 0.220 e.